The number of hydrogen-bond acceptors (Lipinski definition) is 4. The van der Waals surface area contributed by atoms with Gasteiger partial charge >= 0.3 is 11.8 Å². The Balaban J connectivity index is 1.25. The van der Waals surface area contributed by atoms with Gasteiger partial charge < -0.3 is 21.3 Å². The second kappa shape index (κ2) is 9.18. The van der Waals surface area contributed by atoms with E-state index in [1.165, 1.54) is 0 Å². The molecule has 10 heteroatoms. The number of carbonyl (C=O) groups is 2. The van der Waals surface area contributed by atoms with E-state index >= 15 is 0 Å². The van der Waals surface area contributed by atoms with Gasteiger partial charge in [-0.15, -0.1) is 0 Å². The lowest BCUT2D eigenvalue weighted by Crippen LogP contribution is -2.48. The number of amides is 2. The second-order valence-electron chi connectivity index (χ2n) is 8.49. The molecular formula is C22H22Cl4N4O2. The monoisotopic (exact) mass is 514 g/mol. The molecule has 0 bridgehead atoms. The number of hydrogen-bond donors (Lipinski definition) is 4. The Morgan fingerprint density at radius 2 is 0.938 bits per heavy atom. The van der Waals surface area contributed by atoms with E-state index in [1.807, 2.05) is 0 Å². The van der Waals surface area contributed by atoms with E-state index in [1.54, 1.807) is 36.4 Å². The predicted molar refractivity (Wildman–Crippen MR) is 130 cm³/mol. The van der Waals surface area contributed by atoms with Crippen molar-refractivity contribution >= 4 is 69.6 Å². The van der Waals surface area contributed by atoms with Gasteiger partial charge in [-0.3, -0.25) is 9.59 Å². The van der Waals surface area contributed by atoms with E-state index in [0.29, 0.717) is 33.2 Å². The van der Waals surface area contributed by atoms with E-state index in [0.717, 1.165) is 37.1 Å². The largest absolute Gasteiger partial charge is 0.378 e. The van der Waals surface area contributed by atoms with Crippen LogP contribution in [-0.2, 0) is 9.59 Å². The molecule has 0 atom stereocenters. The first-order chi connectivity index (χ1) is 15.2. The number of anilines is 2. The van der Waals surface area contributed by atoms with Crippen LogP contribution in [0.15, 0.2) is 36.4 Å². The van der Waals surface area contributed by atoms with E-state index in [2.05, 4.69) is 21.3 Å². The van der Waals surface area contributed by atoms with E-state index in [-0.39, 0.29) is 11.1 Å². The van der Waals surface area contributed by atoms with Crippen LogP contribution >= 0.6 is 46.4 Å². The van der Waals surface area contributed by atoms with E-state index < -0.39 is 11.8 Å². The van der Waals surface area contributed by atoms with Gasteiger partial charge in [-0.05, 0) is 62.1 Å². The summed E-state index contributed by atoms with van der Waals surface area (Å²) in [4.78, 5) is 24.6. The smallest absolute Gasteiger partial charge is 0.309 e. The Bertz CT molecular complexity index is 930. The first-order valence-electron chi connectivity index (χ1n) is 10.2. The fourth-order valence-electron chi connectivity index (χ4n) is 3.52. The van der Waals surface area contributed by atoms with Gasteiger partial charge in [0.15, 0.2) is 0 Å². The third-order valence-electron chi connectivity index (χ3n) is 5.63. The van der Waals surface area contributed by atoms with Crippen LogP contribution in [0.4, 0.5) is 11.4 Å². The number of benzene rings is 2. The van der Waals surface area contributed by atoms with Crippen LogP contribution < -0.4 is 21.3 Å². The van der Waals surface area contributed by atoms with Gasteiger partial charge in [0.2, 0.25) is 0 Å². The molecule has 2 aliphatic carbocycles. The van der Waals surface area contributed by atoms with E-state index in [9.17, 15) is 9.59 Å². The van der Waals surface area contributed by atoms with Gasteiger partial charge in [0, 0.05) is 44.6 Å². The highest BCUT2D eigenvalue weighted by Crippen LogP contribution is 2.40. The summed E-state index contributed by atoms with van der Waals surface area (Å²) in [5, 5.41) is 14.3. The van der Waals surface area contributed by atoms with Gasteiger partial charge in [0.05, 0.1) is 11.1 Å². The molecular weight excluding hydrogens is 494 g/mol. The van der Waals surface area contributed by atoms with Gasteiger partial charge in [0.1, 0.15) is 0 Å². The van der Waals surface area contributed by atoms with Crippen LogP contribution in [0.1, 0.15) is 25.7 Å². The SMILES string of the molecule is O=C(NCC1(Nc2cc(Cl)cc(Cl)c2)CC1)C(=O)NCC1(Nc2cc(Cl)cc(Cl)c2)CC1. The van der Waals surface area contributed by atoms with Crippen molar-refractivity contribution in [2.45, 2.75) is 36.8 Å². The summed E-state index contributed by atoms with van der Waals surface area (Å²) in [7, 11) is 0. The van der Waals surface area contributed by atoms with Crippen LogP contribution in [0.25, 0.3) is 0 Å². The molecule has 2 aliphatic rings. The molecule has 2 aromatic rings. The van der Waals surface area contributed by atoms with Crippen LogP contribution in [0.2, 0.25) is 20.1 Å². The average Bonchev–Trinajstić information content (AvgIpc) is 3.61. The molecule has 32 heavy (non-hydrogen) atoms. The number of rotatable bonds is 8. The lowest BCUT2D eigenvalue weighted by Gasteiger charge is -2.21. The molecule has 2 aromatic carbocycles. The van der Waals surface area contributed by atoms with E-state index in [4.69, 9.17) is 46.4 Å². The zero-order valence-electron chi connectivity index (χ0n) is 17.0. The molecule has 0 aromatic heterocycles. The second-order valence-corrected chi connectivity index (χ2v) is 10.2. The van der Waals surface area contributed by atoms with Gasteiger partial charge in [-0.1, -0.05) is 46.4 Å². The fourth-order valence-corrected chi connectivity index (χ4v) is 4.57. The third kappa shape index (κ3) is 6.13. The predicted octanol–water partition coefficient (Wildman–Crippen LogP) is 5.12. The highest BCUT2D eigenvalue weighted by atomic mass is 35.5. The Kier molecular flexibility index (Phi) is 6.68. The van der Waals surface area contributed by atoms with Crippen LogP contribution in [0.5, 0.6) is 0 Å². The Labute approximate surface area is 206 Å². The summed E-state index contributed by atoms with van der Waals surface area (Å²) >= 11 is 24.2. The molecule has 0 aliphatic heterocycles. The molecule has 0 unspecified atom stereocenters. The number of carbonyl (C=O) groups excluding carboxylic acids is 2. The minimum atomic E-state index is -0.663. The van der Waals surface area contributed by atoms with Crippen molar-refractivity contribution in [1.82, 2.24) is 10.6 Å². The molecule has 2 saturated carbocycles. The van der Waals surface area contributed by atoms with Crippen LogP contribution in [0.3, 0.4) is 0 Å². The van der Waals surface area contributed by atoms with Gasteiger partial charge in [-0.25, -0.2) is 0 Å². The minimum absolute atomic E-state index is 0.297. The Morgan fingerprint density at radius 1 is 0.625 bits per heavy atom. The summed E-state index contributed by atoms with van der Waals surface area (Å²) in [6.07, 6.45) is 3.48. The quantitative estimate of drug-likeness (QED) is 0.368. The van der Waals surface area contributed by atoms with Crippen LogP contribution in [-0.4, -0.2) is 36.0 Å². The van der Waals surface area contributed by atoms with Crippen molar-refractivity contribution < 1.29 is 9.59 Å². The summed E-state index contributed by atoms with van der Waals surface area (Å²) in [5.41, 5.74) is 0.965. The highest BCUT2D eigenvalue weighted by molar-refractivity contribution is 6.36. The number of halogens is 4. The summed E-state index contributed by atoms with van der Waals surface area (Å²) in [6.45, 7) is 0.654. The van der Waals surface area contributed by atoms with Crippen molar-refractivity contribution in [3.63, 3.8) is 0 Å². The molecule has 4 rings (SSSR count). The Hall–Kier alpha value is -1.86. The van der Waals surface area contributed by atoms with Gasteiger partial charge in [0.25, 0.3) is 0 Å². The molecule has 6 nitrogen and oxygen atoms in total. The molecule has 2 fully saturated rings. The van der Waals surface area contributed by atoms with Crippen molar-refractivity contribution in [3.05, 3.63) is 56.5 Å². The van der Waals surface area contributed by atoms with Crippen LogP contribution in [0, 0.1) is 0 Å². The first-order valence-corrected chi connectivity index (χ1v) is 11.7. The maximum absolute atomic E-state index is 12.3. The third-order valence-corrected chi connectivity index (χ3v) is 6.50. The molecule has 0 radical (unpaired) electrons. The van der Waals surface area contributed by atoms with Crippen molar-refractivity contribution in [2.75, 3.05) is 23.7 Å². The normalized spacial score (nSPS) is 17.2. The zero-order chi connectivity index (χ0) is 22.9. The highest BCUT2D eigenvalue weighted by Gasteiger charge is 2.44. The minimum Gasteiger partial charge on any atom is -0.378 e. The lowest BCUT2D eigenvalue weighted by atomic mass is 10.2. The summed E-state index contributed by atoms with van der Waals surface area (Å²) < 4.78 is 0. The maximum atomic E-state index is 12.3. The van der Waals surface area contributed by atoms with Crippen molar-refractivity contribution in [1.29, 1.82) is 0 Å². The molecule has 2 amide bonds. The van der Waals surface area contributed by atoms with Gasteiger partial charge in [-0.2, -0.15) is 0 Å². The lowest BCUT2D eigenvalue weighted by molar-refractivity contribution is -0.139. The standard InChI is InChI=1S/C22H22Cl4N4O2/c23-13-5-14(24)8-17(7-13)29-21(1-2-21)11-27-19(31)20(32)28-12-22(3-4-22)30-18-9-15(25)6-16(26)10-18/h5-10,29-30H,1-4,11-12H2,(H,27,31)(H,28,32). The first kappa shape index (κ1) is 23.3. The topological polar surface area (TPSA) is 82.3 Å². The van der Waals surface area contributed by atoms with Crippen molar-refractivity contribution in [2.24, 2.45) is 0 Å². The molecule has 170 valence electrons. The zero-order valence-corrected chi connectivity index (χ0v) is 20.1. The Morgan fingerprint density at radius 3 is 1.22 bits per heavy atom. The molecule has 0 spiro atoms. The summed E-state index contributed by atoms with van der Waals surface area (Å²) in [5.74, 6) is -1.33. The summed E-state index contributed by atoms with van der Waals surface area (Å²) in [6, 6.07) is 10.4. The molecule has 0 heterocycles. The average molecular weight is 516 g/mol. The fraction of sp³-hybridized carbons (Fsp3) is 0.364. The molecule has 4 N–H and O–H groups in total. The molecule has 0 saturated heterocycles. The number of nitrogens with one attached hydrogen (secondary N) is 4. The van der Waals surface area contributed by atoms with Crippen molar-refractivity contribution in [3.8, 4) is 0 Å². The maximum Gasteiger partial charge on any atom is 0.309 e.